The van der Waals surface area contributed by atoms with Gasteiger partial charge in [0.25, 0.3) is 0 Å². The molecular weight excluding hydrogens is 376 g/mol. The molecule has 1 fully saturated rings. The first-order chi connectivity index (χ1) is 13.5. The Morgan fingerprint density at radius 3 is 2.82 bits per heavy atom. The Kier molecular flexibility index (Phi) is 4.84. The fourth-order valence-electron chi connectivity index (χ4n) is 3.82. The van der Waals surface area contributed by atoms with Crippen molar-refractivity contribution in [1.29, 1.82) is 5.26 Å². The van der Waals surface area contributed by atoms with Crippen LogP contribution >= 0.6 is 11.6 Å². The van der Waals surface area contributed by atoms with E-state index >= 15 is 0 Å². The Morgan fingerprint density at radius 1 is 1.29 bits per heavy atom. The summed E-state index contributed by atoms with van der Waals surface area (Å²) in [5, 5.41) is 33.1. The number of hydrogen-bond acceptors (Lipinski definition) is 6. The molecule has 0 aliphatic carbocycles. The van der Waals surface area contributed by atoms with E-state index in [0.717, 1.165) is 36.8 Å². The number of aromatic nitrogens is 3. The highest BCUT2D eigenvalue weighted by atomic mass is 35.5. The summed E-state index contributed by atoms with van der Waals surface area (Å²) in [6.07, 6.45) is 2.21. The van der Waals surface area contributed by atoms with Gasteiger partial charge in [0, 0.05) is 30.6 Å². The highest BCUT2D eigenvalue weighted by Gasteiger charge is 2.22. The number of aromatic hydroxyl groups is 1. The standard InChI is InChI=1S/C20H21ClN6O/c1-26-7-3-4-13(11-26)23-20-19-15(9-17(21)27(19)2)18(24-25-20)14-6-5-12(10-22)8-16(14)28/h5-6,8-9,13,28H,3-4,7,11H2,1-2H3,(H,23,25)/t13-/m1/s1. The lowest BCUT2D eigenvalue weighted by molar-refractivity contribution is 0.261. The second-order valence-electron chi connectivity index (χ2n) is 7.28. The molecule has 8 heteroatoms. The number of phenols is 1. The van der Waals surface area contributed by atoms with Crippen molar-refractivity contribution in [3.05, 3.63) is 35.0 Å². The van der Waals surface area contributed by atoms with Crippen LogP contribution in [0.25, 0.3) is 22.2 Å². The maximum absolute atomic E-state index is 10.4. The second-order valence-corrected chi connectivity index (χ2v) is 7.66. The Bertz CT molecular complexity index is 1090. The molecule has 1 aliphatic heterocycles. The molecule has 1 saturated heterocycles. The number of likely N-dealkylation sites (tertiary alicyclic amines) is 1. The number of benzene rings is 1. The van der Waals surface area contributed by atoms with E-state index in [0.29, 0.717) is 33.8 Å². The van der Waals surface area contributed by atoms with Gasteiger partial charge < -0.3 is 19.9 Å². The lowest BCUT2D eigenvalue weighted by Crippen LogP contribution is -2.40. The van der Waals surface area contributed by atoms with Gasteiger partial charge in [-0.1, -0.05) is 11.6 Å². The molecular formula is C20H21ClN6O. The average Bonchev–Trinajstić information content (AvgIpc) is 2.98. The molecule has 1 atom stereocenters. The van der Waals surface area contributed by atoms with Gasteiger partial charge in [0.2, 0.25) is 0 Å². The lowest BCUT2D eigenvalue weighted by atomic mass is 10.0. The van der Waals surface area contributed by atoms with Crippen molar-refractivity contribution in [2.24, 2.45) is 7.05 Å². The van der Waals surface area contributed by atoms with Crippen LogP contribution in [0, 0.1) is 11.3 Å². The first-order valence-electron chi connectivity index (χ1n) is 9.18. The molecule has 0 radical (unpaired) electrons. The quantitative estimate of drug-likeness (QED) is 0.705. The number of halogens is 1. The van der Waals surface area contributed by atoms with Gasteiger partial charge in [-0.15, -0.1) is 10.2 Å². The number of phenolic OH excluding ortho intramolecular Hbond substituents is 1. The number of aryl methyl sites for hydroxylation is 1. The number of anilines is 1. The van der Waals surface area contributed by atoms with Gasteiger partial charge in [0.15, 0.2) is 5.82 Å². The topological polar surface area (TPSA) is 90.0 Å². The van der Waals surface area contributed by atoms with Crippen LogP contribution in [0.2, 0.25) is 5.15 Å². The molecule has 144 valence electrons. The molecule has 2 aromatic heterocycles. The predicted octanol–water partition coefficient (Wildman–Crippen LogP) is 3.37. The Balaban J connectivity index is 1.81. The van der Waals surface area contributed by atoms with E-state index in [-0.39, 0.29) is 5.75 Å². The van der Waals surface area contributed by atoms with E-state index in [4.69, 9.17) is 16.9 Å². The molecule has 4 rings (SSSR count). The first kappa shape index (κ1) is 18.5. The summed E-state index contributed by atoms with van der Waals surface area (Å²) in [5.74, 6) is 0.672. The zero-order valence-corrected chi connectivity index (χ0v) is 16.5. The van der Waals surface area contributed by atoms with E-state index in [1.807, 2.05) is 23.8 Å². The summed E-state index contributed by atoms with van der Waals surface area (Å²) in [6, 6.07) is 8.90. The smallest absolute Gasteiger partial charge is 0.173 e. The average molecular weight is 397 g/mol. The zero-order valence-electron chi connectivity index (χ0n) is 15.8. The fraction of sp³-hybridized carbons (Fsp3) is 0.350. The summed E-state index contributed by atoms with van der Waals surface area (Å²) in [4.78, 5) is 2.30. The van der Waals surface area contributed by atoms with Gasteiger partial charge >= 0.3 is 0 Å². The van der Waals surface area contributed by atoms with Gasteiger partial charge in [0.1, 0.15) is 16.6 Å². The van der Waals surface area contributed by atoms with Crippen LogP contribution in [0.15, 0.2) is 24.3 Å². The van der Waals surface area contributed by atoms with Crippen LogP contribution in [0.1, 0.15) is 18.4 Å². The molecule has 3 heterocycles. The molecule has 0 saturated carbocycles. The van der Waals surface area contributed by atoms with E-state index < -0.39 is 0 Å². The number of nitrogens with one attached hydrogen (secondary N) is 1. The summed E-state index contributed by atoms with van der Waals surface area (Å²) >= 11 is 6.40. The summed E-state index contributed by atoms with van der Waals surface area (Å²) in [6.45, 7) is 2.05. The number of rotatable bonds is 3. The van der Waals surface area contributed by atoms with Crippen molar-refractivity contribution in [2.45, 2.75) is 18.9 Å². The highest BCUT2D eigenvalue weighted by Crippen LogP contribution is 2.37. The third kappa shape index (κ3) is 3.26. The van der Waals surface area contributed by atoms with Gasteiger partial charge in [-0.3, -0.25) is 0 Å². The van der Waals surface area contributed by atoms with Crippen molar-refractivity contribution in [1.82, 2.24) is 19.7 Å². The lowest BCUT2D eigenvalue weighted by Gasteiger charge is -2.30. The minimum Gasteiger partial charge on any atom is -0.507 e. The van der Waals surface area contributed by atoms with Gasteiger partial charge in [-0.2, -0.15) is 5.26 Å². The van der Waals surface area contributed by atoms with E-state index in [1.54, 1.807) is 12.1 Å². The molecule has 0 spiro atoms. The fourth-order valence-corrected chi connectivity index (χ4v) is 4.01. The zero-order chi connectivity index (χ0) is 19.8. The summed E-state index contributed by atoms with van der Waals surface area (Å²) < 4.78 is 1.87. The largest absolute Gasteiger partial charge is 0.507 e. The maximum Gasteiger partial charge on any atom is 0.173 e. The number of likely N-dealkylation sites (N-methyl/N-ethyl adjacent to an activating group) is 1. The highest BCUT2D eigenvalue weighted by molar-refractivity contribution is 6.31. The van der Waals surface area contributed by atoms with E-state index in [9.17, 15) is 5.11 Å². The number of hydrogen-bond donors (Lipinski definition) is 2. The summed E-state index contributed by atoms with van der Waals surface area (Å²) in [5.41, 5.74) is 2.27. The summed E-state index contributed by atoms with van der Waals surface area (Å²) in [7, 11) is 4.00. The van der Waals surface area contributed by atoms with Crippen molar-refractivity contribution in [2.75, 3.05) is 25.5 Å². The number of nitriles is 1. The van der Waals surface area contributed by atoms with Crippen molar-refractivity contribution >= 4 is 28.3 Å². The van der Waals surface area contributed by atoms with Gasteiger partial charge in [-0.25, -0.2) is 0 Å². The second kappa shape index (κ2) is 7.30. The SMILES string of the molecule is CN1CCC[C@@H](Nc2nnc(-c3ccc(C#N)cc3O)c3cc(Cl)n(C)c23)C1. The molecule has 28 heavy (non-hydrogen) atoms. The van der Waals surface area contributed by atoms with Crippen LogP contribution in [-0.4, -0.2) is 50.9 Å². The molecule has 3 aromatic rings. The molecule has 0 unspecified atom stereocenters. The van der Waals surface area contributed by atoms with Crippen molar-refractivity contribution < 1.29 is 5.11 Å². The van der Waals surface area contributed by atoms with E-state index in [2.05, 4.69) is 27.5 Å². The Hall–Kier alpha value is -2.82. The Labute approximate surface area is 168 Å². The minimum atomic E-state index is -0.00996. The predicted molar refractivity (Wildman–Crippen MR) is 109 cm³/mol. The number of nitrogens with zero attached hydrogens (tertiary/aromatic N) is 5. The number of piperidine rings is 1. The normalized spacial score (nSPS) is 17.6. The minimum absolute atomic E-state index is 0.00996. The van der Waals surface area contributed by atoms with Crippen LogP contribution in [0.3, 0.4) is 0 Å². The Morgan fingerprint density at radius 2 is 2.11 bits per heavy atom. The molecule has 0 amide bonds. The first-order valence-corrected chi connectivity index (χ1v) is 9.56. The van der Waals surface area contributed by atoms with Crippen LogP contribution in [0.4, 0.5) is 5.82 Å². The van der Waals surface area contributed by atoms with Crippen LogP contribution in [0.5, 0.6) is 5.75 Å². The molecule has 1 aliphatic rings. The maximum atomic E-state index is 10.4. The molecule has 0 bridgehead atoms. The van der Waals surface area contributed by atoms with Gasteiger partial charge in [0.05, 0.1) is 17.1 Å². The molecule has 2 N–H and O–H groups in total. The monoisotopic (exact) mass is 396 g/mol. The van der Waals surface area contributed by atoms with Crippen molar-refractivity contribution in [3.8, 4) is 23.1 Å². The van der Waals surface area contributed by atoms with Crippen molar-refractivity contribution in [3.63, 3.8) is 0 Å². The third-order valence-electron chi connectivity index (χ3n) is 5.25. The van der Waals surface area contributed by atoms with Crippen LogP contribution in [-0.2, 0) is 7.05 Å². The van der Waals surface area contributed by atoms with Crippen LogP contribution < -0.4 is 5.32 Å². The third-order valence-corrected chi connectivity index (χ3v) is 5.61. The molecule has 7 nitrogen and oxygen atoms in total. The van der Waals surface area contributed by atoms with Gasteiger partial charge in [-0.05, 0) is 50.7 Å². The molecule has 1 aromatic carbocycles. The van der Waals surface area contributed by atoms with E-state index in [1.165, 1.54) is 6.07 Å². The number of fused-ring (bicyclic) bond motifs is 1.